The Morgan fingerprint density at radius 3 is 2.84 bits per heavy atom. The van der Waals surface area contributed by atoms with Crippen molar-refractivity contribution in [3.8, 4) is 0 Å². The molecule has 0 spiro atoms. The van der Waals surface area contributed by atoms with Crippen molar-refractivity contribution in [2.75, 3.05) is 13.2 Å². The molecule has 1 saturated heterocycles. The number of carboxylic acid groups (broad SMARTS) is 1. The minimum Gasteiger partial charge on any atom is -0.481 e. The third-order valence-corrected chi connectivity index (χ3v) is 3.21. The summed E-state index contributed by atoms with van der Waals surface area (Å²) in [6.45, 7) is 2.01. The average molecular weight is 269 g/mol. The van der Waals surface area contributed by atoms with Crippen LogP contribution in [0.3, 0.4) is 0 Å². The minimum atomic E-state index is -1.00. The van der Waals surface area contributed by atoms with Crippen molar-refractivity contribution < 1.29 is 24.3 Å². The summed E-state index contributed by atoms with van der Waals surface area (Å²) in [5, 5.41) is 9.66. The van der Waals surface area contributed by atoms with E-state index in [1.54, 1.807) is 13.0 Å². The second-order valence-corrected chi connectivity index (χ2v) is 4.51. The molecule has 0 aliphatic carbocycles. The zero-order valence-electron chi connectivity index (χ0n) is 10.4. The fourth-order valence-electron chi connectivity index (χ4n) is 2.22. The predicted molar refractivity (Wildman–Crippen MR) is 62.7 cm³/mol. The second kappa shape index (κ2) is 4.88. The van der Waals surface area contributed by atoms with Gasteiger partial charge >= 0.3 is 12.0 Å². The maximum absolute atomic E-state index is 12.1. The van der Waals surface area contributed by atoms with Crippen molar-refractivity contribution in [3.63, 3.8) is 0 Å². The van der Waals surface area contributed by atoms with E-state index in [1.165, 1.54) is 4.90 Å². The van der Waals surface area contributed by atoms with Gasteiger partial charge in [-0.2, -0.15) is 5.06 Å². The molecule has 2 rings (SSSR count). The van der Waals surface area contributed by atoms with E-state index in [4.69, 9.17) is 15.7 Å². The summed E-state index contributed by atoms with van der Waals surface area (Å²) in [5.41, 5.74) is 6.05. The first kappa shape index (κ1) is 13.3. The van der Waals surface area contributed by atoms with Gasteiger partial charge in [0.2, 0.25) is 5.91 Å². The van der Waals surface area contributed by atoms with E-state index in [0.717, 1.165) is 10.6 Å². The fraction of sp³-hybridized carbons (Fsp3) is 0.545. The van der Waals surface area contributed by atoms with Gasteiger partial charge in [-0.05, 0) is 12.5 Å². The van der Waals surface area contributed by atoms with Gasteiger partial charge in [-0.3, -0.25) is 14.4 Å². The zero-order chi connectivity index (χ0) is 14.2. The monoisotopic (exact) mass is 269 g/mol. The third-order valence-electron chi connectivity index (χ3n) is 3.21. The van der Waals surface area contributed by atoms with E-state index in [9.17, 15) is 14.4 Å². The van der Waals surface area contributed by atoms with Gasteiger partial charge in [0.05, 0.1) is 25.6 Å². The highest BCUT2D eigenvalue weighted by atomic mass is 16.7. The van der Waals surface area contributed by atoms with Crippen molar-refractivity contribution in [1.29, 1.82) is 0 Å². The van der Waals surface area contributed by atoms with Crippen LogP contribution in [0.15, 0.2) is 11.6 Å². The Bertz CT molecular complexity index is 461. The Morgan fingerprint density at radius 1 is 1.58 bits per heavy atom. The van der Waals surface area contributed by atoms with Gasteiger partial charge in [-0.25, -0.2) is 4.79 Å². The van der Waals surface area contributed by atoms with Gasteiger partial charge in [-0.1, -0.05) is 6.08 Å². The van der Waals surface area contributed by atoms with Crippen LogP contribution < -0.4 is 5.73 Å². The van der Waals surface area contributed by atoms with E-state index in [0.29, 0.717) is 6.54 Å². The molecule has 2 heterocycles. The molecule has 2 aliphatic heterocycles. The van der Waals surface area contributed by atoms with Crippen LogP contribution in [-0.4, -0.2) is 58.2 Å². The molecule has 2 aliphatic rings. The lowest BCUT2D eigenvalue weighted by atomic mass is 10.0. The molecule has 0 saturated carbocycles. The fourth-order valence-corrected chi connectivity index (χ4v) is 2.22. The number of fused-ring (bicyclic) bond motifs is 2. The van der Waals surface area contributed by atoms with Crippen molar-refractivity contribution in [2.45, 2.75) is 25.4 Å². The van der Waals surface area contributed by atoms with Gasteiger partial charge < -0.3 is 15.7 Å². The molecule has 19 heavy (non-hydrogen) atoms. The molecule has 0 aromatic rings. The summed E-state index contributed by atoms with van der Waals surface area (Å²) in [6, 6.07) is -1.53. The molecule has 8 heteroatoms. The van der Waals surface area contributed by atoms with Gasteiger partial charge in [0, 0.05) is 0 Å². The van der Waals surface area contributed by atoms with Gasteiger partial charge in [0.25, 0.3) is 0 Å². The van der Waals surface area contributed by atoms with E-state index in [2.05, 4.69) is 0 Å². The number of carbonyl (C=O) groups is 3. The molecule has 2 bridgehead atoms. The van der Waals surface area contributed by atoms with Crippen LogP contribution in [0, 0.1) is 0 Å². The molecule has 104 valence electrons. The number of carboxylic acids is 1. The zero-order valence-corrected chi connectivity index (χ0v) is 10.4. The topological polar surface area (TPSA) is 113 Å². The van der Waals surface area contributed by atoms with Crippen LogP contribution in [0.5, 0.6) is 0 Å². The summed E-state index contributed by atoms with van der Waals surface area (Å²) in [4.78, 5) is 40.3. The number of primary amides is 1. The Labute approximate surface area is 109 Å². The maximum atomic E-state index is 12.1. The van der Waals surface area contributed by atoms with Crippen molar-refractivity contribution in [1.82, 2.24) is 9.96 Å². The van der Waals surface area contributed by atoms with Crippen LogP contribution in [-0.2, 0) is 14.4 Å². The Balaban J connectivity index is 2.09. The standard InChI is InChI=1S/C11H15N3O5/c1-6-4-7(10(12)17)13-5-8(6)14(11(13)18)19-3-2-9(15)16/h4,7-8H,2-3,5H2,1H3,(H2,12,17)(H,15,16)/t7-,8-/m0/s1. The van der Waals surface area contributed by atoms with Crippen LogP contribution in [0.25, 0.3) is 0 Å². The third kappa shape index (κ3) is 2.39. The quantitative estimate of drug-likeness (QED) is 0.641. The first-order chi connectivity index (χ1) is 8.91. The molecule has 0 aromatic carbocycles. The Hall–Kier alpha value is -2.09. The summed E-state index contributed by atoms with van der Waals surface area (Å²) in [6.07, 6.45) is 1.44. The smallest absolute Gasteiger partial charge is 0.345 e. The summed E-state index contributed by atoms with van der Waals surface area (Å²) in [7, 11) is 0. The molecule has 3 N–H and O–H groups in total. The van der Waals surface area contributed by atoms with Gasteiger partial charge in [0.1, 0.15) is 6.04 Å². The predicted octanol–water partition coefficient (Wildman–Crippen LogP) is -0.687. The van der Waals surface area contributed by atoms with Crippen LogP contribution in [0.1, 0.15) is 13.3 Å². The number of amides is 3. The number of carbonyl (C=O) groups excluding carboxylic acids is 2. The number of rotatable bonds is 5. The SMILES string of the molecule is CC1=C[C@@H](C(N)=O)N2C[C@@H]1N(OCCC(=O)O)C2=O. The number of nitrogens with zero attached hydrogens (tertiary/aromatic N) is 2. The van der Waals surface area contributed by atoms with E-state index in [-0.39, 0.29) is 19.1 Å². The molecular formula is C11H15N3O5. The Kier molecular flexibility index (Phi) is 3.43. The largest absolute Gasteiger partial charge is 0.481 e. The average Bonchev–Trinajstić information content (AvgIpc) is 2.59. The highest BCUT2D eigenvalue weighted by molar-refractivity contribution is 5.89. The van der Waals surface area contributed by atoms with Crippen molar-refractivity contribution >= 4 is 17.9 Å². The lowest BCUT2D eigenvalue weighted by Crippen LogP contribution is -2.46. The van der Waals surface area contributed by atoms with Crippen LogP contribution in [0.4, 0.5) is 4.79 Å². The molecule has 1 fully saturated rings. The lowest BCUT2D eigenvalue weighted by molar-refractivity contribution is -0.148. The molecule has 8 nitrogen and oxygen atoms in total. The first-order valence-electron chi connectivity index (χ1n) is 5.84. The van der Waals surface area contributed by atoms with Crippen molar-refractivity contribution in [3.05, 3.63) is 11.6 Å². The lowest BCUT2D eigenvalue weighted by Gasteiger charge is -2.26. The molecule has 0 aromatic heterocycles. The normalized spacial score (nSPS) is 25.5. The van der Waals surface area contributed by atoms with Crippen LogP contribution in [0.2, 0.25) is 0 Å². The number of hydrogen-bond donors (Lipinski definition) is 2. The highest BCUT2D eigenvalue weighted by Gasteiger charge is 2.46. The molecule has 2 atom stereocenters. The summed E-state index contributed by atoms with van der Waals surface area (Å²) in [5.74, 6) is -1.60. The van der Waals surface area contributed by atoms with E-state index in [1.807, 2.05) is 0 Å². The Morgan fingerprint density at radius 2 is 2.26 bits per heavy atom. The van der Waals surface area contributed by atoms with E-state index >= 15 is 0 Å². The van der Waals surface area contributed by atoms with Gasteiger partial charge in [0.15, 0.2) is 0 Å². The number of hydrogen-bond acceptors (Lipinski definition) is 4. The maximum Gasteiger partial charge on any atom is 0.345 e. The number of nitrogens with two attached hydrogens (primary N) is 1. The van der Waals surface area contributed by atoms with Crippen molar-refractivity contribution in [2.24, 2.45) is 5.73 Å². The number of hydroxylamine groups is 2. The summed E-state index contributed by atoms with van der Waals surface area (Å²) < 4.78 is 0. The molecule has 3 amide bonds. The second-order valence-electron chi connectivity index (χ2n) is 4.51. The molecule has 0 unspecified atom stereocenters. The minimum absolute atomic E-state index is 0.0973. The molecular weight excluding hydrogens is 254 g/mol. The molecule has 0 radical (unpaired) electrons. The van der Waals surface area contributed by atoms with Gasteiger partial charge in [-0.15, -0.1) is 0 Å². The summed E-state index contributed by atoms with van der Waals surface area (Å²) >= 11 is 0. The first-order valence-corrected chi connectivity index (χ1v) is 5.84. The van der Waals surface area contributed by atoms with E-state index < -0.39 is 23.9 Å². The number of urea groups is 1. The van der Waals surface area contributed by atoms with Crippen LogP contribution >= 0.6 is 0 Å². The highest BCUT2D eigenvalue weighted by Crippen LogP contribution is 2.29. The number of aliphatic carboxylic acids is 1.